The van der Waals surface area contributed by atoms with Crippen LogP contribution in [0.4, 0.5) is 0 Å². The van der Waals surface area contributed by atoms with E-state index in [0.29, 0.717) is 0 Å². The number of rotatable bonds is 3. The van der Waals surface area contributed by atoms with Crippen LogP contribution in [-0.2, 0) is 0 Å². The molecule has 0 radical (unpaired) electrons. The highest BCUT2D eigenvalue weighted by Crippen LogP contribution is 2.25. The topological polar surface area (TPSA) is 29.3 Å². The van der Waals surface area contributed by atoms with E-state index in [0.717, 1.165) is 25.0 Å². The van der Waals surface area contributed by atoms with Gasteiger partial charge < -0.3 is 10.6 Å². The molecule has 0 saturated heterocycles. The third-order valence-corrected chi connectivity index (χ3v) is 3.49. The van der Waals surface area contributed by atoms with E-state index in [1.54, 1.807) is 0 Å². The molecule has 0 aromatic carbocycles. The molecule has 2 unspecified atom stereocenters. The molecule has 0 amide bonds. The first kappa shape index (κ1) is 11.0. The van der Waals surface area contributed by atoms with Gasteiger partial charge in [-0.1, -0.05) is 26.2 Å². The van der Waals surface area contributed by atoms with Crippen LogP contribution in [0.25, 0.3) is 0 Å². The summed E-state index contributed by atoms with van der Waals surface area (Å²) in [6, 6.07) is 0.748. The van der Waals surface area contributed by atoms with Crippen molar-refractivity contribution in [1.82, 2.24) is 4.90 Å². The standard InChI is InChI=1S/C11H24N2/c1-3-13(2)11-8-6-4-5-7-10(11)9-12/h10-11H,3-9,12H2,1-2H3. The van der Waals surface area contributed by atoms with Gasteiger partial charge in [-0.3, -0.25) is 0 Å². The van der Waals surface area contributed by atoms with Gasteiger partial charge in [-0.2, -0.15) is 0 Å². The van der Waals surface area contributed by atoms with Crippen LogP contribution in [0, 0.1) is 5.92 Å². The summed E-state index contributed by atoms with van der Waals surface area (Å²) in [6.45, 7) is 4.26. The van der Waals surface area contributed by atoms with Crippen molar-refractivity contribution in [2.75, 3.05) is 20.1 Å². The lowest BCUT2D eigenvalue weighted by molar-refractivity contribution is 0.176. The van der Waals surface area contributed by atoms with Crippen LogP contribution in [0.5, 0.6) is 0 Å². The molecule has 1 rings (SSSR count). The minimum atomic E-state index is 0.743. The molecule has 2 heteroatoms. The fraction of sp³-hybridized carbons (Fsp3) is 1.00. The first-order valence-electron chi connectivity index (χ1n) is 5.70. The zero-order chi connectivity index (χ0) is 9.68. The summed E-state index contributed by atoms with van der Waals surface area (Å²) in [5.41, 5.74) is 5.83. The smallest absolute Gasteiger partial charge is 0.0132 e. The van der Waals surface area contributed by atoms with E-state index in [9.17, 15) is 0 Å². The summed E-state index contributed by atoms with van der Waals surface area (Å²) in [5.74, 6) is 0.743. The van der Waals surface area contributed by atoms with E-state index in [1.807, 2.05) is 0 Å². The van der Waals surface area contributed by atoms with Crippen molar-refractivity contribution in [2.45, 2.75) is 45.1 Å². The van der Waals surface area contributed by atoms with Crippen molar-refractivity contribution >= 4 is 0 Å². The van der Waals surface area contributed by atoms with Crippen molar-refractivity contribution < 1.29 is 0 Å². The Morgan fingerprint density at radius 2 is 1.92 bits per heavy atom. The Morgan fingerprint density at radius 3 is 2.54 bits per heavy atom. The fourth-order valence-corrected chi connectivity index (χ4v) is 2.45. The van der Waals surface area contributed by atoms with Gasteiger partial charge in [-0.05, 0) is 38.9 Å². The average molecular weight is 184 g/mol. The van der Waals surface area contributed by atoms with Crippen LogP contribution < -0.4 is 5.73 Å². The lowest BCUT2D eigenvalue weighted by atomic mass is 9.94. The van der Waals surface area contributed by atoms with Crippen molar-refractivity contribution in [2.24, 2.45) is 11.7 Å². The molecular weight excluding hydrogens is 160 g/mol. The molecule has 78 valence electrons. The van der Waals surface area contributed by atoms with E-state index in [1.165, 1.54) is 32.1 Å². The quantitative estimate of drug-likeness (QED) is 0.678. The molecule has 0 bridgehead atoms. The Labute approximate surface area is 82.5 Å². The average Bonchev–Trinajstić information content (AvgIpc) is 2.41. The Balaban J connectivity index is 2.53. The summed E-state index contributed by atoms with van der Waals surface area (Å²) in [7, 11) is 2.23. The van der Waals surface area contributed by atoms with Crippen molar-refractivity contribution in [3.63, 3.8) is 0 Å². The maximum absolute atomic E-state index is 5.83. The van der Waals surface area contributed by atoms with Crippen molar-refractivity contribution in [3.8, 4) is 0 Å². The molecule has 0 spiro atoms. The number of hydrogen-bond acceptors (Lipinski definition) is 2. The second kappa shape index (κ2) is 5.61. The first-order valence-corrected chi connectivity index (χ1v) is 5.70. The molecule has 1 aliphatic rings. The SMILES string of the molecule is CCN(C)C1CCCCCC1CN. The molecular formula is C11H24N2. The minimum absolute atomic E-state index is 0.743. The predicted molar refractivity (Wildman–Crippen MR) is 57.7 cm³/mol. The Bertz CT molecular complexity index is 136. The molecule has 0 aromatic heterocycles. The van der Waals surface area contributed by atoms with Gasteiger partial charge in [-0.15, -0.1) is 0 Å². The predicted octanol–water partition coefficient (Wildman–Crippen LogP) is 1.85. The highest BCUT2D eigenvalue weighted by atomic mass is 15.1. The maximum Gasteiger partial charge on any atom is 0.0132 e. The first-order chi connectivity index (χ1) is 6.29. The van der Waals surface area contributed by atoms with Crippen LogP contribution in [0.15, 0.2) is 0 Å². The van der Waals surface area contributed by atoms with Gasteiger partial charge in [0.2, 0.25) is 0 Å². The zero-order valence-electron chi connectivity index (χ0n) is 9.13. The molecule has 13 heavy (non-hydrogen) atoms. The summed E-state index contributed by atoms with van der Waals surface area (Å²) < 4.78 is 0. The Kier molecular flexibility index (Phi) is 4.74. The molecule has 0 aliphatic heterocycles. The second-order valence-electron chi connectivity index (χ2n) is 4.27. The normalized spacial score (nSPS) is 30.5. The van der Waals surface area contributed by atoms with Crippen LogP contribution >= 0.6 is 0 Å². The third-order valence-electron chi connectivity index (χ3n) is 3.49. The molecule has 2 atom stereocenters. The van der Waals surface area contributed by atoms with E-state index < -0.39 is 0 Å². The van der Waals surface area contributed by atoms with Crippen LogP contribution in [0.1, 0.15) is 39.0 Å². The van der Waals surface area contributed by atoms with Crippen LogP contribution in [-0.4, -0.2) is 31.1 Å². The van der Waals surface area contributed by atoms with E-state index in [2.05, 4.69) is 18.9 Å². The van der Waals surface area contributed by atoms with Gasteiger partial charge in [0.15, 0.2) is 0 Å². The lowest BCUT2D eigenvalue weighted by Gasteiger charge is -2.32. The van der Waals surface area contributed by atoms with Crippen LogP contribution in [0.3, 0.4) is 0 Å². The number of nitrogens with zero attached hydrogens (tertiary/aromatic N) is 1. The molecule has 1 fully saturated rings. The Morgan fingerprint density at radius 1 is 1.23 bits per heavy atom. The highest BCUT2D eigenvalue weighted by molar-refractivity contribution is 4.80. The van der Waals surface area contributed by atoms with E-state index >= 15 is 0 Å². The number of nitrogens with two attached hydrogens (primary N) is 1. The fourth-order valence-electron chi connectivity index (χ4n) is 2.45. The van der Waals surface area contributed by atoms with Crippen LogP contribution in [0.2, 0.25) is 0 Å². The second-order valence-corrected chi connectivity index (χ2v) is 4.27. The van der Waals surface area contributed by atoms with Gasteiger partial charge in [0.25, 0.3) is 0 Å². The minimum Gasteiger partial charge on any atom is -0.330 e. The maximum atomic E-state index is 5.83. The molecule has 0 aromatic rings. The monoisotopic (exact) mass is 184 g/mol. The highest BCUT2D eigenvalue weighted by Gasteiger charge is 2.24. The van der Waals surface area contributed by atoms with Gasteiger partial charge in [0, 0.05) is 6.04 Å². The van der Waals surface area contributed by atoms with E-state index in [4.69, 9.17) is 5.73 Å². The molecule has 1 aliphatic carbocycles. The van der Waals surface area contributed by atoms with Gasteiger partial charge in [0.1, 0.15) is 0 Å². The zero-order valence-corrected chi connectivity index (χ0v) is 9.13. The van der Waals surface area contributed by atoms with Gasteiger partial charge in [-0.25, -0.2) is 0 Å². The summed E-state index contributed by atoms with van der Waals surface area (Å²) in [6.07, 6.45) is 6.88. The number of hydrogen-bond donors (Lipinski definition) is 1. The summed E-state index contributed by atoms with van der Waals surface area (Å²) in [5, 5.41) is 0. The van der Waals surface area contributed by atoms with Crippen molar-refractivity contribution in [1.29, 1.82) is 0 Å². The van der Waals surface area contributed by atoms with Crippen molar-refractivity contribution in [3.05, 3.63) is 0 Å². The van der Waals surface area contributed by atoms with Gasteiger partial charge in [0.05, 0.1) is 0 Å². The largest absolute Gasteiger partial charge is 0.330 e. The molecule has 2 nitrogen and oxygen atoms in total. The third kappa shape index (κ3) is 2.96. The summed E-state index contributed by atoms with van der Waals surface area (Å²) >= 11 is 0. The summed E-state index contributed by atoms with van der Waals surface area (Å²) in [4.78, 5) is 2.48. The van der Waals surface area contributed by atoms with Gasteiger partial charge >= 0.3 is 0 Å². The van der Waals surface area contributed by atoms with E-state index in [-0.39, 0.29) is 0 Å². The lowest BCUT2D eigenvalue weighted by Crippen LogP contribution is -2.40. The Hall–Kier alpha value is -0.0800. The molecule has 2 N–H and O–H groups in total. The molecule has 0 heterocycles. The molecule has 1 saturated carbocycles.